The monoisotopic (exact) mass is 663 g/mol. The van der Waals surface area contributed by atoms with Crippen LogP contribution in [0.1, 0.15) is 34.6 Å². The molecular weight excluding hydrogens is 634 g/mol. The summed E-state index contributed by atoms with van der Waals surface area (Å²) in [4.78, 5) is 21.7. The van der Waals surface area contributed by atoms with Gasteiger partial charge in [0, 0.05) is 4.90 Å². The highest BCUT2D eigenvalue weighted by Crippen LogP contribution is 2.37. The number of carbonyl (C=O) groups excluding carboxylic acids is 1. The molecule has 0 aliphatic rings. The lowest BCUT2D eigenvalue weighted by molar-refractivity contribution is 0.0635. The second-order valence-corrected chi connectivity index (χ2v) is 15.4. The van der Waals surface area contributed by atoms with Crippen LogP contribution in [0.4, 0.5) is 33.1 Å². The first-order valence-corrected chi connectivity index (χ1v) is 16.4. The molecule has 0 radical (unpaired) electrons. The van der Waals surface area contributed by atoms with Crippen molar-refractivity contribution in [2.45, 2.75) is 59.6 Å². The molecule has 4 aromatic rings. The molecule has 2 heterocycles. The Labute approximate surface area is 262 Å². The number of aromatic nitrogens is 4. The van der Waals surface area contributed by atoms with Gasteiger partial charge in [0.1, 0.15) is 16.4 Å². The molecule has 0 saturated carbocycles. The van der Waals surface area contributed by atoms with E-state index >= 15 is 0 Å². The normalized spacial score (nSPS) is 11.7. The predicted molar refractivity (Wildman–Crippen MR) is 169 cm³/mol. The van der Waals surface area contributed by atoms with Gasteiger partial charge in [-0.3, -0.25) is 5.32 Å². The fourth-order valence-corrected chi connectivity index (χ4v) is 6.55. The zero-order chi connectivity index (χ0) is 31.4. The summed E-state index contributed by atoms with van der Waals surface area (Å²) in [7, 11) is -2.03. The zero-order valence-electron chi connectivity index (χ0n) is 24.1. The van der Waals surface area contributed by atoms with Crippen LogP contribution in [0, 0.1) is 0 Å². The third-order valence-electron chi connectivity index (χ3n) is 5.45. The summed E-state index contributed by atoms with van der Waals surface area (Å²) in [6.45, 7) is 8.57. The molecule has 4 rings (SSSR count). The second kappa shape index (κ2) is 13.3. The summed E-state index contributed by atoms with van der Waals surface area (Å²) in [6, 6.07) is 12.0. The molecule has 2 aromatic heterocycles. The second-order valence-electron chi connectivity index (χ2n) is 10.2. The van der Waals surface area contributed by atoms with Crippen LogP contribution in [0.25, 0.3) is 0 Å². The van der Waals surface area contributed by atoms with Crippen molar-refractivity contribution in [1.29, 1.82) is 0 Å². The summed E-state index contributed by atoms with van der Waals surface area (Å²) in [5.74, 6) is 0.934. The number of anilines is 5. The molecule has 0 aliphatic carbocycles. The molecule has 12 nitrogen and oxygen atoms in total. The standard InChI is InChI=1S/C27H30ClN7O5S3/c1-15(2)43(37,38)21-10-8-7-9-19(21)30-22-17(28)14-29-23(32-22)31-18-12-11-16(13-20(18)39-6)41-26-35-34-24(42-26)33-25(36)40-27(3,4)5/h7-15H,1-6H3,(H,33,34,36)(H2,29,30,31,32). The highest BCUT2D eigenvalue weighted by atomic mass is 35.5. The van der Waals surface area contributed by atoms with Gasteiger partial charge in [0.2, 0.25) is 11.1 Å². The molecule has 0 fully saturated rings. The average molecular weight is 664 g/mol. The molecule has 1 amide bonds. The maximum absolute atomic E-state index is 12.9. The number of amides is 1. The number of nitrogens with zero attached hydrogens (tertiary/aromatic N) is 4. The van der Waals surface area contributed by atoms with Crippen molar-refractivity contribution in [1.82, 2.24) is 20.2 Å². The van der Waals surface area contributed by atoms with Gasteiger partial charge < -0.3 is 20.1 Å². The van der Waals surface area contributed by atoms with Crippen LogP contribution >= 0.6 is 34.7 Å². The number of sulfone groups is 1. The Hall–Kier alpha value is -3.66. The molecule has 0 bridgehead atoms. The van der Waals surface area contributed by atoms with Crippen LogP contribution < -0.4 is 20.7 Å². The van der Waals surface area contributed by atoms with Gasteiger partial charge in [-0.05, 0) is 65.0 Å². The van der Waals surface area contributed by atoms with Gasteiger partial charge in [0.05, 0.1) is 34.8 Å². The van der Waals surface area contributed by atoms with Gasteiger partial charge in [-0.1, -0.05) is 46.8 Å². The van der Waals surface area contributed by atoms with E-state index in [0.717, 1.165) is 4.90 Å². The highest BCUT2D eigenvalue weighted by molar-refractivity contribution is 8.01. The van der Waals surface area contributed by atoms with Crippen LogP contribution in [0.2, 0.25) is 5.02 Å². The summed E-state index contributed by atoms with van der Waals surface area (Å²) < 4.78 is 37.2. The number of benzene rings is 2. The summed E-state index contributed by atoms with van der Waals surface area (Å²) >= 11 is 8.91. The predicted octanol–water partition coefficient (Wildman–Crippen LogP) is 7.16. The third-order valence-corrected chi connectivity index (χ3v) is 9.82. The van der Waals surface area contributed by atoms with Crippen LogP contribution in [0.15, 0.2) is 62.8 Å². The maximum atomic E-state index is 12.9. The van der Waals surface area contributed by atoms with E-state index in [1.54, 1.807) is 65.0 Å². The lowest BCUT2D eigenvalue weighted by Crippen LogP contribution is -2.27. The molecule has 2 aromatic carbocycles. The third kappa shape index (κ3) is 8.46. The fourth-order valence-electron chi connectivity index (χ4n) is 3.47. The molecule has 0 saturated heterocycles. The maximum Gasteiger partial charge on any atom is 0.414 e. The summed E-state index contributed by atoms with van der Waals surface area (Å²) in [5, 5.41) is 16.8. The molecule has 0 unspecified atom stereocenters. The molecule has 0 aliphatic heterocycles. The number of hydrogen-bond acceptors (Lipinski definition) is 13. The first-order valence-electron chi connectivity index (χ1n) is 12.8. The molecule has 3 N–H and O–H groups in total. The van der Waals surface area contributed by atoms with Crippen molar-refractivity contribution in [3.63, 3.8) is 0 Å². The van der Waals surface area contributed by atoms with Crippen molar-refractivity contribution in [2.24, 2.45) is 0 Å². The Balaban J connectivity index is 1.49. The zero-order valence-corrected chi connectivity index (χ0v) is 27.3. The number of rotatable bonds is 10. The molecule has 16 heteroatoms. The topological polar surface area (TPSA) is 157 Å². The Morgan fingerprint density at radius 3 is 2.51 bits per heavy atom. The average Bonchev–Trinajstić information content (AvgIpc) is 3.36. The van der Waals surface area contributed by atoms with Crippen molar-refractivity contribution >= 4 is 78.9 Å². The van der Waals surface area contributed by atoms with Crippen molar-refractivity contribution in [3.05, 3.63) is 53.7 Å². The molecule has 228 valence electrons. The van der Waals surface area contributed by atoms with Crippen LogP contribution in [-0.4, -0.2) is 52.6 Å². The van der Waals surface area contributed by atoms with E-state index in [0.29, 0.717) is 26.6 Å². The Morgan fingerprint density at radius 2 is 1.81 bits per heavy atom. The number of para-hydroxylation sites is 1. The SMILES string of the molecule is COc1cc(Sc2nnc(NC(=O)OC(C)(C)C)s2)ccc1Nc1ncc(Cl)c(Nc2ccccc2S(=O)(=O)C(C)C)n1. The van der Waals surface area contributed by atoms with Crippen molar-refractivity contribution in [2.75, 3.05) is 23.1 Å². The molecule has 43 heavy (non-hydrogen) atoms. The lowest BCUT2D eigenvalue weighted by atomic mass is 10.2. The Kier molecular flexibility index (Phi) is 10.00. The van der Waals surface area contributed by atoms with Gasteiger partial charge in [-0.25, -0.2) is 18.2 Å². The van der Waals surface area contributed by atoms with Gasteiger partial charge in [0.25, 0.3) is 0 Å². The fraction of sp³-hybridized carbons (Fsp3) is 0.296. The molecule has 0 atom stereocenters. The minimum Gasteiger partial charge on any atom is -0.495 e. The van der Waals surface area contributed by atoms with Crippen LogP contribution in [-0.2, 0) is 14.6 Å². The summed E-state index contributed by atoms with van der Waals surface area (Å²) in [6.07, 6.45) is 0.804. The summed E-state index contributed by atoms with van der Waals surface area (Å²) in [5.41, 5.74) is 0.297. The molecular formula is C27H30ClN7O5S3. The minimum atomic E-state index is -3.56. The van der Waals surface area contributed by atoms with Crippen molar-refractivity contribution in [3.8, 4) is 5.75 Å². The van der Waals surface area contributed by atoms with E-state index in [9.17, 15) is 13.2 Å². The van der Waals surface area contributed by atoms with Gasteiger partial charge >= 0.3 is 6.09 Å². The Bertz CT molecular complexity index is 1730. The van der Waals surface area contributed by atoms with E-state index in [1.165, 1.54) is 42.5 Å². The van der Waals surface area contributed by atoms with Crippen LogP contribution in [0.5, 0.6) is 5.75 Å². The van der Waals surface area contributed by atoms with E-state index in [-0.39, 0.29) is 21.7 Å². The quantitative estimate of drug-likeness (QED) is 0.147. The van der Waals surface area contributed by atoms with E-state index in [1.807, 2.05) is 6.07 Å². The van der Waals surface area contributed by atoms with Gasteiger partial charge in [-0.15, -0.1) is 10.2 Å². The minimum absolute atomic E-state index is 0.145. The number of methoxy groups -OCH3 is 1. The first-order chi connectivity index (χ1) is 20.2. The largest absolute Gasteiger partial charge is 0.495 e. The lowest BCUT2D eigenvalue weighted by Gasteiger charge is -2.18. The van der Waals surface area contributed by atoms with Gasteiger partial charge in [0.15, 0.2) is 20.0 Å². The van der Waals surface area contributed by atoms with Crippen LogP contribution in [0.3, 0.4) is 0 Å². The van der Waals surface area contributed by atoms with E-state index in [2.05, 4.69) is 36.1 Å². The number of nitrogens with one attached hydrogen (secondary N) is 3. The smallest absolute Gasteiger partial charge is 0.414 e. The Morgan fingerprint density at radius 1 is 1.07 bits per heavy atom. The van der Waals surface area contributed by atoms with E-state index < -0.39 is 26.8 Å². The van der Waals surface area contributed by atoms with E-state index in [4.69, 9.17) is 21.1 Å². The number of carbonyl (C=O) groups is 1. The first kappa shape index (κ1) is 32.3. The highest BCUT2D eigenvalue weighted by Gasteiger charge is 2.23. The number of hydrogen-bond donors (Lipinski definition) is 3. The number of ether oxygens (including phenoxy) is 2. The van der Waals surface area contributed by atoms with Gasteiger partial charge in [-0.2, -0.15) is 4.98 Å². The molecule has 0 spiro atoms. The number of halogens is 1. The van der Waals surface area contributed by atoms with Crippen molar-refractivity contribution < 1.29 is 22.7 Å².